The molecule has 3 rings (SSSR count). The minimum absolute atomic E-state index is 0. The third kappa shape index (κ3) is 4.95. The molecule has 5 nitrogen and oxygen atoms in total. The average molecular weight is 383 g/mol. The topological polar surface area (TPSA) is 73.6 Å². The van der Waals surface area contributed by atoms with Crippen molar-refractivity contribution in [1.82, 2.24) is 5.32 Å². The Labute approximate surface area is 157 Å². The van der Waals surface area contributed by atoms with Crippen molar-refractivity contribution >= 4 is 29.7 Å². The maximum atomic E-state index is 12.1. The Morgan fingerprint density at radius 1 is 1.32 bits per heavy atom. The predicted octanol–water partition coefficient (Wildman–Crippen LogP) is 2.97. The number of methoxy groups -OCH3 is 1. The van der Waals surface area contributed by atoms with Gasteiger partial charge in [-0.2, -0.15) is 0 Å². The van der Waals surface area contributed by atoms with Crippen LogP contribution in [-0.2, 0) is 16.1 Å². The quantitative estimate of drug-likeness (QED) is 0.805. The van der Waals surface area contributed by atoms with E-state index in [2.05, 4.69) is 16.8 Å². The fraction of sp³-hybridized carbons (Fsp3) is 0.389. The summed E-state index contributed by atoms with van der Waals surface area (Å²) in [6.07, 6.45) is 1.26. The molecule has 0 radical (unpaired) electrons. The van der Waals surface area contributed by atoms with Crippen molar-refractivity contribution in [3.05, 3.63) is 40.6 Å². The number of carbonyl (C=O) groups is 1. The zero-order chi connectivity index (χ0) is 16.9. The number of amides is 1. The lowest BCUT2D eigenvalue weighted by Gasteiger charge is -2.12. The van der Waals surface area contributed by atoms with Crippen LogP contribution in [-0.4, -0.2) is 31.8 Å². The fourth-order valence-electron chi connectivity index (χ4n) is 2.77. The second-order valence-electron chi connectivity index (χ2n) is 5.81. The molecular formula is C18H23ClN2O3S. The van der Waals surface area contributed by atoms with Crippen LogP contribution in [0, 0.1) is 0 Å². The molecule has 2 aromatic rings. The van der Waals surface area contributed by atoms with Crippen LogP contribution in [0.3, 0.4) is 0 Å². The lowest BCUT2D eigenvalue weighted by atomic mass is 10.1. The van der Waals surface area contributed by atoms with E-state index in [0.29, 0.717) is 13.1 Å². The number of rotatable bonds is 6. The van der Waals surface area contributed by atoms with Gasteiger partial charge < -0.3 is 20.5 Å². The van der Waals surface area contributed by atoms with Gasteiger partial charge in [-0.05, 0) is 47.5 Å². The predicted molar refractivity (Wildman–Crippen MR) is 102 cm³/mol. The summed E-state index contributed by atoms with van der Waals surface area (Å²) in [4.78, 5) is 13.3. The van der Waals surface area contributed by atoms with Gasteiger partial charge in [0.2, 0.25) is 5.91 Å². The maximum Gasteiger partial charge on any atom is 0.249 e. The van der Waals surface area contributed by atoms with Crippen LogP contribution in [0.4, 0.5) is 0 Å². The Bertz CT molecular complexity index is 690. The highest BCUT2D eigenvalue weighted by atomic mass is 35.5. The third-order valence-electron chi connectivity index (χ3n) is 4.18. The molecule has 2 heterocycles. The molecule has 25 heavy (non-hydrogen) atoms. The van der Waals surface area contributed by atoms with Crippen LogP contribution >= 0.6 is 23.7 Å². The first-order chi connectivity index (χ1) is 11.7. The number of ether oxygens (including phenoxy) is 2. The van der Waals surface area contributed by atoms with E-state index in [-0.39, 0.29) is 30.5 Å². The van der Waals surface area contributed by atoms with Crippen LogP contribution in [0.2, 0.25) is 0 Å². The van der Waals surface area contributed by atoms with Crippen LogP contribution < -0.4 is 15.8 Å². The molecule has 3 N–H and O–H groups in total. The van der Waals surface area contributed by atoms with E-state index in [1.807, 2.05) is 24.3 Å². The number of halogens is 1. The third-order valence-corrected chi connectivity index (χ3v) is 5.11. The van der Waals surface area contributed by atoms with Gasteiger partial charge in [0.1, 0.15) is 11.9 Å². The van der Waals surface area contributed by atoms with Gasteiger partial charge in [-0.15, -0.1) is 23.7 Å². The van der Waals surface area contributed by atoms with E-state index in [1.54, 1.807) is 18.4 Å². The van der Waals surface area contributed by atoms with Gasteiger partial charge in [0, 0.05) is 11.4 Å². The molecule has 1 aromatic carbocycles. The van der Waals surface area contributed by atoms with Crippen LogP contribution in [0.25, 0.3) is 11.1 Å². The van der Waals surface area contributed by atoms with Gasteiger partial charge in [-0.3, -0.25) is 4.79 Å². The summed E-state index contributed by atoms with van der Waals surface area (Å²) < 4.78 is 10.8. The molecule has 1 saturated heterocycles. The van der Waals surface area contributed by atoms with Crippen molar-refractivity contribution in [2.75, 3.05) is 13.7 Å². The lowest BCUT2D eigenvalue weighted by Crippen LogP contribution is -2.34. The number of nitrogens with one attached hydrogen (secondary N) is 1. The van der Waals surface area contributed by atoms with Crippen molar-refractivity contribution < 1.29 is 14.3 Å². The number of hydrogen-bond donors (Lipinski definition) is 2. The largest absolute Gasteiger partial charge is 0.497 e. The molecular weight excluding hydrogens is 360 g/mol. The summed E-state index contributed by atoms with van der Waals surface area (Å²) in [7, 11) is 1.66. The molecule has 1 amide bonds. The summed E-state index contributed by atoms with van der Waals surface area (Å²) in [5.41, 5.74) is 7.85. The highest BCUT2D eigenvalue weighted by Gasteiger charge is 2.29. The Kier molecular flexibility index (Phi) is 7.25. The molecule has 0 saturated carbocycles. The first-order valence-corrected chi connectivity index (χ1v) is 8.92. The molecule has 0 spiro atoms. The van der Waals surface area contributed by atoms with Gasteiger partial charge in [0.25, 0.3) is 0 Å². The maximum absolute atomic E-state index is 12.1. The lowest BCUT2D eigenvalue weighted by molar-refractivity contribution is -0.132. The van der Waals surface area contributed by atoms with Crippen LogP contribution in [0.5, 0.6) is 5.75 Å². The summed E-state index contributed by atoms with van der Waals surface area (Å²) in [6.45, 7) is 0.993. The van der Waals surface area contributed by atoms with Gasteiger partial charge in [-0.1, -0.05) is 12.1 Å². The van der Waals surface area contributed by atoms with E-state index in [4.69, 9.17) is 15.2 Å². The van der Waals surface area contributed by atoms with Crippen molar-refractivity contribution in [2.45, 2.75) is 31.6 Å². The Morgan fingerprint density at radius 3 is 2.72 bits per heavy atom. The number of carbonyl (C=O) groups excluding carboxylic acids is 1. The standard InChI is InChI=1S/C18H22N2O3S.ClH/c1-22-14-4-2-12(3-5-14)13-8-16(24-11-13)10-20-18(21)17-7-6-15(9-19)23-17;/h2-5,8,11,15,17H,6-7,9-10,19H2,1H3,(H,20,21);1H/t15-,17+;/m1./s1. The SMILES string of the molecule is COc1ccc(-c2csc(CNC(=O)[C@@H]3CC[C@H](CN)O3)c2)cc1.Cl. The smallest absolute Gasteiger partial charge is 0.249 e. The monoisotopic (exact) mass is 382 g/mol. The Morgan fingerprint density at radius 2 is 2.08 bits per heavy atom. The fourth-order valence-corrected chi connectivity index (χ4v) is 3.60. The minimum atomic E-state index is -0.362. The van der Waals surface area contributed by atoms with Gasteiger partial charge in [0.15, 0.2) is 0 Å². The Hall–Kier alpha value is -1.60. The molecule has 1 aromatic heterocycles. The van der Waals surface area contributed by atoms with Crippen LogP contribution in [0.1, 0.15) is 17.7 Å². The number of benzene rings is 1. The van der Waals surface area contributed by atoms with Gasteiger partial charge in [-0.25, -0.2) is 0 Å². The van der Waals surface area contributed by atoms with Crippen molar-refractivity contribution in [3.63, 3.8) is 0 Å². The Balaban J connectivity index is 0.00000225. The summed E-state index contributed by atoms with van der Waals surface area (Å²) in [5.74, 6) is 0.791. The van der Waals surface area contributed by atoms with E-state index in [1.165, 1.54) is 0 Å². The zero-order valence-corrected chi connectivity index (χ0v) is 15.7. The molecule has 1 aliphatic rings. The van der Waals surface area contributed by atoms with Gasteiger partial charge in [0.05, 0.1) is 19.8 Å². The molecule has 7 heteroatoms. The highest BCUT2D eigenvalue weighted by molar-refractivity contribution is 7.10. The van der Waals surface area contributed by atoms with E-state index in [0.717, 1.165) is 34.6 Å². The summed E-state index contributed by atoms with van der Waals surface area (Å²) in [5, 5.41) is 5.05. The normalized spacial score (nSPS) is 19.3. The molecule has 0 aliphatic carbocycles. The number of thiophene rings is 1. The molecule has 136 valence electrons. The highest BCUT2D eigenvalue weighted by Crippen LogP contribution is 2.27. The number of hydrogen-bond acceptors (Lipinski definition) is 5. The molecule has 2 atom stereocenters. The zero-order valence-electron chi connectivity index (χ0n) is 14.1. The molecule has 1 aliphatic heterocycles. The second-order valence-corrected chi connectivity index (χ2v) is 6.80. The minimum Gasteiger partial charge on any atom is -0.497 e. The van der Waals surface area contributed by atoms with Crippen LogP contribution in [0.15, 0.2) is 35.7 Å². The van der Waals surface area contributed by atoms with Crippen molar-refractivity contribution in [1.29, 1.82) is 0 Å². The first-order valence-electron chi connectivity index (χ1n) is 8.04. The summed E-state index contributed by atoms with van der Waals surface area (Å²) in [6, 6.07) is 10.1. The van der Waals surface area contributed by atoms with Gasteiger partial charge >= 0.3 is 0 Å². The first kappa shape index (κ1) is 19.7. The number of nitrogens with two attached hydrogens (primary N) is 1. The van der Waals surface area contributed by atoms with Crippen molar-refractivity contribution in [3.8, 4) is 16.9 Å². The van der Waals surface area contributed by atoms with E-state index < -0.39 is 0 Å². The summed E-state index contributed by atoms with van der Waals surface area (Å²) >= 11 is 1.64. The molecule has 0 bridgehead atoms. The second kappa shape index (κ2) is 9.20. The average Bonchev–Trinajstić information content (AvgIpc) is 3.29. The van der Waals surface area contributed by atoms with E-state index >= 15 is 0 Å². The molecule has 0 unspecified atom stereocenters. The van der Waals surface area contributed by atoms with Crippen molar-refractivity contribution in [2.24, 2.45) is 5.73 Å². The molecule has 1 fully saturated rings. The van der Waals surface area contributed by atoms with E-state index in [9.17, 15) is 4.79 Å².